The molecule has 0 radical (unpaired) electrons. The largest absolute Gasteiger partial charge is 0.481 e. The quantitative estimate of drug-likeness (QED) is 0.443. The maximum atomic E-state index is 10.3. The molecule has 1 aliphatic heterocycles. The average molecular weight is 258 g/mol. The predicted octanol–water partition coefficient (Wildman–Crippen LogP) is 0.803. The third-order valence-electron chi connectivity index (χ3n) is 3.30. The van der Waals surface area contributed by atoms with Gasteiger partial charge < -0.3 is 20.1 Å². The van der Waals surface area contributed by atoms with E-state index in [0.29, 0.717) is 19.6 Å². The molecule has 5 nitrogen and oxygen atoms in total. The lowest BCUT2D eigenvalue weighted by Gasteiger charge is -2.20. The normalized spacial score (nSPS) is 25.7. The summed E-state index contributed by atoms with van der Waals surface area (Å²) in [5.41, 5.74) is 0. The van der Waals surface area contributed by atoms with Crippen LogP contribution >= 0.6 is 0 Å². The highest BCUT2D eigenvalue weighted by atomic mass is 16.5. The molecule has 0 saturated carbocycles. The van der Waals surface area contributed by atoms with E-state index in [9.17, 15) is 9.90 Å². The molecule has 1 heterocycles. The lowest BCUT2D eigenvalue weighted by atomic mass is 9.88. The molecule has 3 atom stereocenters. The average Bonchev–Trinajstić information content (AvgIpc) is 2.80. The summed E-state index contributed by atoms with van der Waals surface area (Å²) < 4.78 is 5.32. The van der Waals surface area contributed by atoms with E-state index >= 15 is 0 Å². The number of hydrogen-bond acceptors (Lipinski definition) is 4. The molecule has 1 fully saturated rings. The summed E-state index contributed by atoms with van der Waals surface area (Å²) in [6.07, 6.45) is 5.68. The van der Waals surface area contributed by atoms with Crippen molar-refractivity contribution < 1.29 is 24.9 Å². The number of carboxylic acids is 1. The summed E-state index contributed by atoms with van der Waals surface area (Å²) in [6, 6.07) is 0. The minimum Gasteiger partial charge on any atom is -0.481 e. The Morgan fingerprint density at radius 3 is 2.83 bits per heavy atom. The smallest absolute Gasteiger partial charge is 0.303 e. The first-order valence-electron chi connectivity index (χ1n) is 6.38. The van der Waals surface area contributed by atoms with Crippen LogP contribution in [0.2, 0.25) is 0 Å². The van der Waals surface area contributed by atoms with E-state index in [4.69, 9.17) is 14.9 Å². The zero-order valence-corrected chi connectivity index (χ0v) is 10.5. The van der Waals surface area contributed by atoms with Crippen LogP contribution in [0.5, 0.6) is 0 Å². The van der Waals surface area contributed by atoms with Crippen molar-refractivity contribution in [3.05, 3.63) is 12.2 Å². The molecule has 0 unspecified atom stereocenters. The molecule has 5 heteroatoms. The summed E-state index contributed by atoms with van der Waals surface area (Å²) in [4.78, 5) is 10.3. The van der Waals surface area contributed by atoms with E-state index in [1.807, 2.05) is 12.2 Å². The molecule has 1 rings (SSSR count). The van der Waals surface area contributed by atoms with E-state index in [-0.39, 0.29) is 24.9 Å². The van der Waals surface area contributed by atoms with Crippen LogP contribution in [-0.4, -0.2) is 47.2 Å². The Bertz CT molecular complexity index is 277. The molecule has 3 N–H and O–H groups in total. The first kappa shape index (κ1) is 15.1. The molecule has 0 bridgehead atoms. The molecule has 18 heavy (non-hydrogen) atoms. The molecular weight excluding hydrogens is 236 g/mol. The fourth-order valence-corrected chi connectivity index (χ4v) is 2.18. The monoisotopic (exact) mass is 258 g/mol. The van der Waals surface area contributed by atoms with Crippen molar-refractivity contribution >= 4 is 5.97 Å². The molecule has 0 amide bonds. The van der Waals surface area contributed by atoms with Crippen LogP contribution in [0.15, 0.2) is 12.2 Å². The first-order chi connectivity index (χ1) is 8.65. The molecule has 0 aromatic heterocycles. The Kier molecular flexibility index (Phi) is 6.93. The predicted molar refractivity (Wildman–Crippen MR) is 66.1 cm³/mol. The highest BCUT2D eigenvalue weighted by Gasteiger charge is 2.32. The topological polar surface area (TPSA) is 87.0 Å². The van der Waals surface area contributed by atoms with Gasteiger partial charge in [0.05, 0.1) is 25.9 Å². The molecular formula is C13H22O5. The molecule has 0 spiro atoms. The van der Waals surface area contributed by atoms with Crippen molar-refractivity contribution in [3.8, 4) is 0 Å². The van der Waals surface area contributed by atoms with E-state index in [1.165, 1.54) is 0 Å². The van der Waals surface area contributed by atoms with E-state index in [0.717, 1.165) is 12.8 Å². The van der Waals surface area contributed by atoms with Crippen LogP contribution in [0.4, 0.5) is 0 Å². The van der Waals surface area contributed by atoms with Gasteiger partial charge in [-0.15, -0.1) is 0 Å². The van der Waals surface area contributed by atoms with Gasteiger partial charge in [-0.25, -0.2) is 0 Å². The lowest BCUT2D eigenvalue weighted by molar-refractivity contribution is -0.137. The maximum Gasteiger partial charge on any atom is 0.303 e. The summed E-state index contributed by atoms with van der Waals surface area (Å²) in [5, 5.41) is 27.0. The summed E-state index contributed by atoms with van der Waals surface area (Å²) in [7, 11) is 0. The van der Waals surface area contributed by atoms with E-state index in [2.05, 4.69) is 0 Å². The number of aliphatic carboxylic acids is 1. The van der Waals surface area contributed by atoms with Crippen molar-refractivity contribution in [2.24, 2.45) is 11.8 Å². The second-order valence-corrected chi connectivity index (χ2v) is 4.70. The molecule has 1 aliphatic rings. The zero-order chi connectivity index (χ0) is 13.4. The van der Waals surface area contributed by atoms with Gasteiger partial charge in [-0.05, 0) is 25.2 Å². The summed E-state index contributed by atoms with van der Waals surface area (Å²) in [5.74, 6) is -0.528. The number of ether oxygens (including phenoxy) is 1. The van der Waals surface area contributed by atoms with Crippen LogP contribution in [0.3, 0.4) is 0 Å². The number of unbranched alkanes of at least 4 members (excludes halogenated alkanes) is 1. The molecule has 1 saturated heterocycles. The molecule has 0 aromatic rings. The van der Waals surface area contributed by atoms with Gasteiger partial charge in [-0.3, -0.25) is 4.79 Å². The van der Waals surface area contributed by atoms with Crippen LogP contribution in [0.1, 0.15) is 25.7 Å². The molecule has 104 valence electrons. The number of aliphatic hydroxyl groups excluding tert-OH is 2. The fourth-order valence-electron chi connectivity index (χ4n) is 2.18. The number of carbonyl (C=O) groups is 1. The molecule has 0 aromatic carbocycles. The van der Waals surface area contributed by atoms with Gasteiger partial charge in [-0.1, -0.05) is 12.2 Å². The second kappa shape index (κ2) is 8.24. The Balaban J connectivity index is 2.21. The van der Waals surface area contributed by atoms with Gasteiger partial charge in [0.15, 0.2) is 0 Å². The van der Waals surface area contributed by atoms with Crippen LogP contribution in [-0.2, 0) is 9.53 Å². The third kappa shape index (κ3) is 5.16. The summed E-state index contributed by atoms with van der Waals surface area (Å²) in [6.45, 7) is 0.882. The number of hydrogen-bond donors (Lipinski definition) is 3. The first-order valence-corrected chi connectivity index (χ1v) is 6.38. The van der Waals surface area contributed by atoms with Crippen molar-refractivity contribution in [2.75, 3.05) is 19.8 Å². The van der Waals surface area contributed by atoms with Gasteiger partial charge >= 0.3 is 5.97 Å². The number of rotatable bonds is 8. The highest BCUT2D eigenvalue weighted by Crippen LogP contribution is 2.27. The zero-order valence-electron chi connectivity index (χ0n) is 10.5. The van der Waals surface area contributed by atoms with Crippen molar-refractivity contribution in [1.29, 1.82) is 0 Å². The highest BCUT2D eigenvalue weighted by molar-refractivity contribution is 5.66. The Labute approximate surface area is 107 Å². The van der Waals surface area contributed by atoms with Gasteiger partial charge in [0.2, 0.25) is 0 Å². The number of carboxylic acid groups (broad SMARTS) is 1. The minimum atomic E-state index is -0.765. The Morgan fingerprint density at radius 1 is 1.39 bits per heavy atom. The van der Waals surface area contributed by atoms with Crippen molar-refractivity contribution in [1.82, 2.24) is 0 Å². The minimum absolute atomic E-state index is 0.00123. The number of allylic oxidation sites excluding steroid dienone is 2. The SMILES string of the molecule is O=C(O)CCCC=CC[C@H]1COC[C@H]1[C@H](O)CO. The maximum absolute atomic E-state index is 10.3. The Morgan fingerprint density at radius 2 is 2.17 bits per heavy atom. The van der Waals surface area contributed by atoms with E-state index < -0.39 is 12.1 Å². The standard InChI is InChI=1S/C13H22O5/c14-7-12(15)11-9-18-8-10(11)5-3-1-2-4-6-13(16)17/h1,3,10-12,14-15H,2,4-9H2,(H,16,17)/t10-,11+,12+/m0/s1. The van der Waals surface area contributed by atoms with E-state index in [1.54, 1.807) is 0 Å². The van der Waals surface area contributed by atoms with Crippen molar-refractivity contribution in [3.63, 3.8) is 0 Å². The van der Waals surface area contributed by atoms with Crippen molar-refractivity contribution in [2.45, 2.75) is 31.8 Å². The number of aliphatic hydroxyl groups is 2. The van der Waals surface area contributed by atoms with Gasteiger partial charge in [0.25, 0.3) is 0 Å². The third-order valence-corrected chi connectivity index (χ3v) is 3.30. The summed E-state index contributed by atoms with van der Waals surface area (Å²) >= 11 is 0. The molecule has 0 aliphatic carbocycles. The van der Waals surface area contributed by atoms with Crippen LogP contribution in [0, 0.1) is 11.8 Å². The Hall–Kier alpha value is -0.910. The second-order valence-electron chi connectivity index (χ2n) is 4.70. The lowest BCUT2D eigenvalue weighted by Crippen LogP contribution is -2.29. The van der Waals surface area contributed by atoms with Crippen LogP contribution < -0.4 is 0 Å². The van der Waals surface area contributed by atoms with Gasteiger partial charge in [0, 0.05) is 12.3 Å². The van der Waals surface area contributed by atoms with Gasteiger partial charge in [0.1, 0.15) is 0 Å². The van der Waals surface area contributed by atoms with Crippen LogP contribution in [0.25, 0.3) is 0 Å². The fraction of sp³-hybridized carbons (Fsp3) is 0.769. The van der Waals surface area contributed by atoms with Gasteiger partial charge in [-0.2, -0.15) is 0 Å².